The second-order valence-corrected chi connectivity index (χ2v) is 5.87. The molecule has 1 aromatic heterocycles. The summed E-state index contributed by atoms with van der Waals surface area (Å²) in [6.07, 6.45) is 3.10. The molecule has 0 bridgehead atoms. The molecule has 1 heterocycles. The first-order chi connectivity index (χ1) is 7.30. The third-order valence-electron chi connectivity index (χ3n) is 2.64. The molecular formula is C9H13N3O3S. The van der Waals surface area contributed by atoms with E-state index in [-0.39, 0.29) is 22.0 Å². The van der Waals surface area contributed by atoms with Gasteiger partial charge in [0.2, 0.25) is 10.0 Å². The normalized spacial score (nSPS) is 18.1. The van der Waals surface area contributed by atoms with Gasteiger partial charge in [-0.15, -0.1) is 0 Å². The van der Waals surface area contributed by atoms with Crippen molar-refractivity contribution >= 4 is 15.9 Å². The Morgan fingerprint density at radius 1 is 1.56 bits per heavy atom. The zero-order valence-electron chi connectivity index (χ0n) is 8.78. The fourth-order valence-corrected chi connectivity index (χ4v) is 1.83. The van der Waals surface area contributed by atoms with Gasteiger partial charge >= 0.3 is 0 Å². The number of amides is 1. The first-order valence-electron chi connectivity index (χ1n) is 4.84. The van der Waals surface area contributed by atoms with Crippen LogP contribution in [0.15, 0.2) is 17.2 Å². The highest BCUT2D eigenvalue weighted by Gasteiger charge is 2.39. The van der Waals surface area contributed by atoms with Crippen LogP contribution in [0.4, 0.5) is 0 Å². The molecule has 1 saturated carbocycles. The number of sulfonamides is 1. The molecule has 0 aromatic carbocycles. The van der Waals surface area contributed by atoms with Crippen molar-refractivity contribution < 1.29 is 13.2 Å². The van der Waals surface area contributed by atoms with Crippen LogP contribution in [-0.4, -0.2) is 24.8 Å². The van der Waals surface area contributed by atoms with E-state index in [1.165, 1.54) is 12.3 Å². The van der Waals surface area contributed by atoms with Crippen molar-refractivity contribution in [2.24, 2.45) is 5.14 Å². The lowest BCUT2D eigenvalue weighted by molar-refractivity contribution is 0.0931. The van der Waals surface area contributed by atoms with Crippen molar-refractivity contribution in [2.45, 2.75) is 30.2 Å². The second kappa shape index (κ2) is 3.33. The third kappa shape index (κ3) is 2.25. The van der Waals surface area contributed by atoms with E-state index in [1.807, 2.05) is 6.92 Å². The monoisotopic (exact) mass is 243 g/mol. The average Bonchev–Trinajstić information content (AvgIpc) is 2.68. The molecule has 1 amide bonds. The predicted molar refractivity (Wildman–Crippen MR) is 57.3 cm³/mol. The number of primary sulfonamides is 1. The van der Waals surface area contributed by atoms with Crippen molar-refractivity contribution in [3.8, 4) is 0 Å². The molecule has 2 rings (SSSR count). The Bertz CT molecular complexity index is 528. The molecule has 0 atom stereocenters. The highest BCUT2D eigenvalue weighted by atomic mass is 32.2. The van der Waals surface area contributed by atoms with Crippen molar-refractivity contribution in [3.05, 3.63) is 18.0 Å². The van der Waals surface area contributed by atoms with E-state index in [0.717, 1.165) is 12.8 Å². The summed E-state index contributed by atoms with van der Waals surface area (Å²) in [5.41, 5.74) is 0.0707. The molecule has 0 aliphatic heterocycles. The number of carbonyl (C=O) groups is 1. The summed E-state index contributed by atoms with van der Waals surface area (Å²) in [7, 11) is -3.75. The molecule has 1 aliphatic carbocycles. The van der Waals surface area contributed by atoms with Crippen molar-refractivity contribution in [1.82, 2.24) is 10.3 Å². The van der Waals surface area contributed by atoms with Crippen LogP contribution in [0.25, 0.3) is 0 Å². The van der Waals surface area contributed by atoms with Crippen LogP contribution in [0.1, 0.15) is 30.3 Å². The van der Waals surface area contributed by atoms with Crippen molar-refractivity contribution in [3.63, 3.8) is 0 Å². The number of carbonyl (C=O) groups excluding carboxylic acids is 1. The Hall–Kier alpha value is -1.34. The van der Waals surface area contributed by atoms with Crippen molar-refractivity contribution in [2.75, 3.05) is 0 Å². The lowest BCUT2D eigenvalue weighted by Crippen LogP contribution is -2.34. The molecule has 0 radical (unpaired) electrons. The SMILES string of the molecule is CC1(NC(=O)c2cc(S(N)(=O)=O)c[nH]2)CC1. The maximum atomic E-state index is 11.7. The summed E-state index contributed by atoms with van der Waals surface area (Å²) >= 11 is 0. The van der Waals surface area contributed by atoms with Gasteiger partial charge in [0, 0.05) is 11.7 Å². The van der Waals surface area contributed by atoms with E-state index < -0.39 is 10.0 Å². The number of aromatic amines is 1. The number of hydrogen-bond donors (Lipinski definition) is 3. The van der Waals surface area contributed by atoms with Crippen LogP contribution in [0, 0.1) is 0 Å². The minimum Gasteiger partial charge on any atom is -0.356 e. The number of nitrogens with two attached hydrogens (primary N) is 1. The van der Waals surface area contributed by atoms with E-state index >= 15 is 0 Å². The van der Waals surface area contributed by atoms with Crippen LogP contribution in [-0.2, 0) is 10.0 Å². The van der Waals surface area contributed by atoms with Crippen LogP contribution in [0.5, 0.6) is 0 Å². The molecule has 0 saturated heterocycles. The first kappa shape index (κ1) is 11.2. The molecule has 6 nitrogen and oxygen atoms in total. The molecule has 0 spiro atoms. The summed E-state index contributed by atoms with van der Waals surface area (Å²) in [5, 5.41) is 7.74. The Labute approximate surface area is 93.3 Å². The van der Waals surface area contributed by atoms with E-state index in [1.54, 1.807) is 0 Å². The number of aromatic nitrogens is 1. The van der Waals surface area contributed by atoms with Gasteiger partial charge in [0.1, 0.15) is 5.69 Å². The second-order valence-electron chi connectivity index (χ2n) is 4.31. The largest absolute Gasteiger partial charge is 0.356 e. The maximum absolute atomic E-state index is 11.7. The van der Waals surface area contributed by atoms with Crippen LogP contribution in [0.3, 0.4) is 0 Å². The highest BCUT2D eigenvalue weighted by molar-refractivity contribution is 7.89. The van der Waals surface area contributed by atoms with Gasteiger partial charge in [0.25, 0.3) is 5.91 Å². The standard InChI is InChI=1S/C9H13N3O3S/c1-9(2-3-9)12-8(13)7-4-6(5-11-7)16(10,14)15/h4-5,11H,2-3H2,1H3,(H,12,13)(H2,10,14,15). The quantitative estimate of drug-likeness (QED) is 0.692. The zero-order valence-corrected chi connectivity index (χ0v) is 9.60. The fraction of sp³-hybridized carbons (Fsp3) is 0.444. The molecule has 16 heavy (non-hydrogen) atoms. The lowest BCUT2D eigenvalue weighted by Gasteiger charge is -2.09. The molecule has 7 heteroatoms. The van der Waals surface area contributed by atoms with Crippen LogP contribution >= 0.6 is 0 Å². The Balaban J connectivity index is 2.16. The van der Waals surface area contributed by atoms with E-state index in [0.29, 0.717) is 0 Å². The predicted octanol–water partition coefficient (Wildman–Crippen LogP) is -0.0556. The molecule has 1 fully saturated rings. The van der Waals surface area contributed by atoms with Gasteiger partial charge in [0.15, 0.2) is 0 Å². The van der Waals surface area contributed by atoms with Gasteiger partial charge in [-0.2, -0.15) is 0 Å². The molecule has 1 aliphatic rings. The minimum atomic E-state index is -3.75. The average molecular weight is 243 g/mol. The van der Waals surface area contributed by atoms with Crippen LogP contribution in [0.2, 0.25) is 0 Å². The summed E-state index contributed by atoms with van der Waals surface area (Å²) in [6.45, 7) is 1.94. The first-order valence-corrected chi connectivity index (χ1v) is 6.39. The highest BCUT2D eigenvalue weighted by Crippen LogP contribution is 2.34. The molecule has 88 valence electrons. The molecular weight excluding hydrogens is 230 g/mol. The lowest BCUT2D eigenvalue weighted by atomic mass is 10.3. The van der Waals surface area contributed by atoms with Crippen LogP contribution < -0.4 is 10.5 Å². The van der Waals surface area contributed by atoms with Gasteiger partial charge in [-0.1, -0.05) is 0 Å². The van der Waals surface area contributed by atoms with E-state index in [2.05, 4.69) is 10.3 Å². The third-order valence-corrected chi connectivity index (χ3v) is 3.54. The van der Waals surface area contributed by atoms with Gasteiger partial charge in [-0.05, 0) is 25.8 Å². The topological polar surface area (TPSA) is 105 Å². The molecule has 4 N–H and O–H groups in total. The number of rotatable bonds is 3. The number of H-pyrrole nitrogens is 1. The summed E-state index contributed by atoms with van der Waals surface area (Å²) in [5.74, 6) is -0.310. The summed E-state index contributed by atoms with van der Waals surface area (Å²) in [4.78, 5) is 14.2. The van der Waals surface area contributed by atoms with E-state index in [9.17, 15) is 13.2 Å². The fourth-order valence-electron chi connectivity index (χ4n) is 1.32. The summed E-state index contributed by atoms with van der Waals surface area (Å²) in [6, 6.07) is 1.23. The molecule has 1 aromatic rings. The Kier molecular flexibility index (Phi) is 2.32. The maximum Gasteiger partial charge on any atom is 0.268 e. The van der Waals surface area contributed by atoms with Gasteiger partial charge in [-0.25, -0.2) is 13.6 Å². The van der Waals surface area contributed by atoms with Gasteiger partial charge in [0.05, 0.1) is 4.90 Å². The minimum absolute atomic E-state index is 0.0846. The molecule has 0 unspecified atom stereocenters. The number of nitrogens with one attached hydrogen (secondary N) is 2. The number of hydrogen-bond acceptors (Lipinski definition) is 3. The van der Waals surface area contributed by atoms with Crippen molar-refractivity contribution in [1.29, 1.82) is 0 Å². The summed E-state index contributed by atoms with van der Waals surface area (Å²) < 4.78 is 22.0. The Morgan fingerprint density at radius 2 is 2.19 bits per heavy atom. The smallest absolute Gasteiger partial charge is 0.268 e. The van der Waals surface area contributed by atoms with E-state index in [4.69, 9.17) is 5.14 Å². The zero-order chi connectivity index (χ0) is 12.0. The Morgan fingerprint density at radius 3 is 2.62 bits per heavy atom. The van der Waals surface area contributed by atoms with Gasteiger partial charge in [-0.3, -0.25) is 4.79 Å². The van der Waals surface area contributed by atoms with Gasteiger partial charge < -0.3 is 10.3 Å².